The molecule has 1 atom stereocenters. The Kier molecular flexibility index (Phi) is 1.51. The Morgan fingerprint density at radius 1 is 1.13 bits per heavy atom. The molecule has 0 bridgehead atoms. The first-order valence-electron chi connectivity index (χ1n) is 5.40. The number of benzene rings is 1. The highest BCUT2D eigenvalue weighted by Gasteiger charge is 2.47. The monoisotopic (exact) mass is 200 g/mol. The third-order valence-corrected chi connectivity index (χ3v) is 3.63. The van der Waals surface area contributed by atoms with Crippen molar-refractivity contribution in [3.63, 3.8) is 0 Å². The maximum Gasteiger partial charge on any atom is 0.114 e. The van der Waals surface area contributed by atoms with Gasteiger partial charge in [0.05, 0.1) is 0 Å². The van der Waals surface area contributed by atoms with Crippen molar-refractivity contribution in [1.29, 1.82) is 0 Å². The molecule has 2 heterocycles. The number of anilines is 1. The second kappa shape index (κ2) is 2.57. The fourth-order valence-corrected chi connectivity index (χ4v) is 2.99. The molecule has 2 aliphatic rings. The Morgan fingerprint density at radius 2 is 1.87 bits per heavy atom. The lowest BCUT2D eigenvalue weighted by Crippen LogP contribution is -2.44. The standard InChI is InChI=1S/C13H16N2/c1-13(2)10-6-4-5-7-11(10)15-9-8-14(3)12(13)15/h4-9,12H,1-3H3. The first-order valence-corrected chi connectivity index (χ1v) is 5.40. The van der Waals surface area contributed by atoms with Gasteiger partial charge in [-0.3, -0.25) is 0 Å². The molecule has 3 rings (SSSR count). The Bertz CT molecular complexity index is 434. The van der Waals surface area contributed by atoms with Crippen molar-refractivity contribution in [2.24, 2.45) is 0 Å². The SMILES string of the molecule is CN1C=CN2c3ccccc3C(C)(C)C12. The lowest BCUT2D eigenvalue weighted by Gasteiger charge is -2.34. The number of likely N-dealkylation sites (N-methyl/N-ethyl adjacent to an activating group) is 1. The topological polar surface area (TPSA) is 6.48 Å². The van der Waals surface area contributed by atoms with Crippen LogP contribution in [-0.2, 0) is 5.41 Å². The molecule has 0 saturated carbocycles. The van der Waals surface area contributed by atoms with Crippen molar-refractivity contribution < 1.29 is 0 Å². The van der Waals surface area contributed by atoms with E-state index >= 15 is 0 Å². The summed E-state index contributed by atoms with van der Waals surface area (Å²) >= 11 is 0. The quantitative estimate of drug-likeness (QED) is 0.635. The van der Waals surface area contributed by atoms with Crippen molar-refractivity contribution in [2.75, 3.05) is 11.9 Å². The predicted molar refractivity (Wildman–Crippen MR) is 62.6 cm³/mol. The van der Waals surface area contributed by atoms with Gasteiger partial charge in [0, 0.05) is 30.5 Å². The van der Waals surface area contributed by atoms with Gasteiger partial charge in [0.1, 0.15) is 6.17 Å². The summed E-state index contributed by atoms with van der Waals surface area (Å²) in [5.41, 5.74) is 2.99. The molecule has 1 unspecified atom stereocenters. The molecule has 0 aromatic heterocycles. The second-order valence-corrected chi connectivity index (χ2v) is 4.98. The Hall–Kier alpha value is -1.44. The van der Waals surface area contributed by atoms with Crippen LogP contribution in [0.25, 0.3) is 0 Å². The molecular weight excluding hydrogens is 184 g/mol. The van der Waals surface area contributed by atoms with Gasteiger partial charge in [0.15, 0.2) is 0 Å². The molecule has 0 aliphatic carbocycles. The number of para-hydroxylation sites is 1. The molecule has 0 fully saturated rings. The molecule has 0 amide bonds. The van der Waals surface area contributed by atoms with E-state index in [-0.39, 0.29) is 5.41 Å². The van der Waals surface area contributed by atoms with E-state index < -0.39 is 0 Å². The molecule has 0 saturated heterocycles. The molecule has 0 spiro atoms. The van der Waals surface area contributed by atoms with E-state index in [2.05, 4.69) is 67.4 Å². The maximum absolute atomic E-state index is 2.37. The fourth-order valence-electron chi connectivity index (χ4n) is 2.99. The molecule has 15 heavy (non-hydrogen) atoms. The molecule has 0 N–H and O–H groups in total. The van der Waals surface area contributed by atoms with Crippen LogP contribution in [0, 0.1) is 0 Å². The Labute approximate surface area is 90.8 Å². The van der Waals surface area contributed by atoms with Gasteiger partial charge >= 0.3 is 0 Å². The Morgan fingerprint density at radius 3 is 2.67 bits per heavy atom. The van der Waals surface area contributed by atoms with Gasteiger partial charge in [-0.1, -0.05) is 32.0 Å². The summed E-state index contributed by atoms with van der Waals surface area (Å²) in [7, 11) is 2.15. The summed E-state index contributed by atoms with van der Waals surface area (Å²) in [6, 6.07) is 8.70. The minimum Gasteiger partial charge on any atom is -0.358 e. The fraction of sp³-hybridized carbons (Fsp3) is 0.385. The van der Waals surface area contributed by atoms with Crippen LogP contribution in [0.2, 0.25) is 0 Å². The summed E-state index contributed by atoms with van der Waals surface area (Å²) in [6.45, 7) is 4.64. The number of nitrogens with zero attached hydrogens (tertiary/aromatic N) is 2. The van der Waals surface area contributed by atoms with Crippen LogP contribution in [0.15, 0.2) is 36.7 Å². The largest absolute Gasteiger partial charge is 0.358 e. The zero-order chi connectivity index (χ0) is 10.6. The summed E-state index contributed by atoms with van der Waals surface area (Å²) in [5, 5.41) is 0. The predicted octanol–water partition coefficient (Wildman–Crippen LogP) is 2.53. The molecule has 2 nitrogen and oxygen atoms in total. The van der Waals surface area contributed by atoms with Gasteiger partial charge in [0.2, 0.25) is 0 Å². The van der Waals surface area contributed by atoms with Crippen molar-refractivity contribution in [3.8, 4) is 0 Å². The number of rotatable bonds is 0. The van der Waals surface area contributed by atoms with E-state index in [9.17, 15) is 0 Å². The van der Waals surface area contributed by atoms with E-state index in [1.807, 2.05) is 0 Å². The Balaban J connectivity index is 2.22. The summed E-state index contributed by atoms with van der Waals surface area (Å²) < 4.78 is 0. The molecule has 78 valence electrons. The highest BCUT2D eigenvalue weighted by atomic mass is 15.4. The van der Waals surface area contributed by atoms with Crippen LogP contribution < -0.4 is 4.90 Å². The van der Waals surface area contributed by atoms with Crippen molar-refractivity contribution in [3.05, 3.63) is 42.2 Å². The van der Waals surface area contributed by atoms with E-state index in [0.717, 1.165) is 0 Å². The molecular formula is C13H16N2. The smallest absolute Gasteiger partial charge is 0.114 e. The van der Waals surface area contributed by atoms with E-state index in [1.54, 1.807) is 0 Å². The van der Waals surface area contributed by atoms with Gasteiger partial charge in [-0.25, -0.2) is 0 Å². The molecule has 1 aromatic rings. The lowest BCUT2D eigenvalue weighted by atomic mass is 9.84. The molecule has 2 aliphatic heterocycles. The van der Waals surface area contributed by atoms with Crippen molar-refractivity contribution >= 4 is 5.69 Å². The average Bonchev–Trinajstić information content (AvgIpc) is 2.69. The van der Waals surface area contributed by atoms with Gasteiger partial charge in [-0.05, 0) is 11.6 Å². The van der Waals surface area contributed by atoms with Crippen LogP contribution in [0.1, 0.15) is 19.4 Å². The summed E-state index contributed by atoms with van der Waals surface area (Å²) in [5.74, 6) is 0. The van der Waals surface area contributed by atoms with E-state index in [1.165, 1.54) is 11.3 Å². The zero-order valence-electron chi connectivity index (χ0n) is 9.44. The maximum atomic E-state index is 2.37. The van der Waals surface area contributed by atoms with Gasteiger partial charge in [-0.15, -0.1) is 0 Å². The average molecular weight is 200 g/mol. The van der Waals surface area contributed by atoms with Crippen LogP contribution >= 0.6 is 0 Å². The molecule has 1 aromatic carbocycles. The number of hydrogen-bond donors (Lipinski definition) is 0. The highest BCUT2D eigenvalue weighted by Crippen LogP contribution is 2.47. The van der Waals surface area contributed by atoms with E-state index in [4.69, 9.17) is 0 Å². The van der Waals surface area contributed by atoms with Crippen molar-refractivity contribution in [2.45, 2.75) is 25.4 Å². The molecule has 2 heteroatoms. The zero-order valence-corrected chi connectivity index (χ0v) is 9.44. The van der Waals surface area contributed by atoms with Crippen LogP contribution in [0.3, 0.4) is 0 Å². The van der Waals surface area contributed by atoms with Crippen LogP contribution in [0.4, 0.5) is 5.69 Å². The number of fused-ring (bicyclic) bond motifs is 3. The van der Waals surface area contributed by atoms with Crippen LogP contribution in [0.5, 0.6) is 0 Å². The molecule has 0 radical (unpaired) electrons. The van der Waals surface area contributed by atoms with Gasteiger partial charge in [0.25, 0.3) is 0 Å². The number of hydrogen-bond acceptors (Lipinski definition) is 2. The third-order valence-electron chi connectivity index (χ3n) is 3.63. The first kappa shape index (κ1) is 8.84. The van der Waals surface area contributed by atoms with E-state index in [0.29, 0.717) is 6.17 Å². The van der Waals surface area contributed by atoms with Crippen LogP contribution in [-0.4, -0.2) is 18.1 Å². The second-order valence-electron chi connectivity index (χ2n) is 4.98. The first-order chi connectivity index (χ1) is 7.12. The summed E-state index contributed by atoms with van der Waals surface area (Å²) in [4.78, 5) is 4.66. The normalized spacial score (nSPS) is 25.7. The minimum atomic E-state index is 0.189. The summed E-state index contributed by atoms with van der Waals surface area (Å²) in [6.07, 6.45) is 4.77. The lowest BCUT2D eigenvalue weighted by molar-refractivity contribution is 0.261. The third kappa shape index (κ3) is 0.942. The highest BCUT2D eigenvalue weighted by molar-refractivity contribution is 5.66. The van der Waals surface area contributed by atoms with Gasteiger partial charge in [-0.2, -0.15) is 0 Å². The minimum absolute atomic E-state index is 0.189. The van der Waals surface area contributed by atoms with Gasteiger partial charge < -0.3 is 9.80 Å². The van der Waals surface area contributed by atoms with Crippen molar-refractivity contribution in [1.82, 2.24) is 4.90 Å².